The molecule has 0 radical (unpaired) electrons. The molecule has 1 aromatic carbocycles. The summed E-state index contributed by atoms with van der Waals surface area (Å²) in [6.07, 6.45) is 0.327. The van der Waals surface area contributed by atoms with Crippen molar-refractivity contribution in [2.24, 2.45) is 0 Å². The zero-order valence-corrected chi connectivity index (χ0v) is 13.5. The maximum atomic E-state index is 13.4. The van der Waals surface area contributed by atoms with E-state index < -0.39 is 23.5 Å². The maximum absolute atomic E-state index is 13.4. The first kappa shape index (κ1) is 19.5. The van der Waals surface area contributed by atoms with Gasteiger partial charge in [0.25, 0.3) is 5.91 Å². The molecular formula is C16H20F2N2O4. The standard InChI is InChI=1S/C16H20F2N2O4/c1-10(2)20(9-15(22)23)14(21)4-3-7-19-16(24)12-6-5-11(17)8-13(12)18/h5-6,8,10H,3-4,7,9H2,1-2H3,(H,19,24)(H,22,23). The number of rotatable bonds is 8. The van der Waals surface area contributed by atoms with Gasteiger partial charge in [0.2, 0.25) is 5.91 Å². The van der Waals surface area contributed by atoms with Crippen LogP contribution in [0.1, 0.15) is 37.0 Å². The lowest BCUT2D eigenvalue weighted by atomic mass is 10.2. The second kappa shape index (κ2) is 8.95. The number of benzene rings is 1. The summed E-state index contributed by atoms with van der Waals surface area (Å²) in [5.41, 5.74) is -0.280. The molecule has 1 rings (SSSR count). The van der Waals surface area contributed by atoms with E-state index in [-0.39, 0.29) is 43.4 Å². The highest BCUT2D eigenvalue weighted by Gasteiger charge is 2.19. The van der Waals surface area contributed by atoms with Crippen molar-refractivity contribution in [3.8, 4) is 0 Å². The first-order valence-electron chi connectivity index (χ1n) is 7.47. The van der Waals surface area contributed by atoms with E-state index in [9.17, 15) is 23.2 Å². The number of carboxylic acids is 1. The van der Waals surface area contributed by atoms with Gasteiger partial charge < -0.3 is 15.3 Å². The molecule has 0 aromatic heterocycles. The SMILES string of the molecule is CC(C)N(CC(=O)O)C(=O)CCCNC(=O)c1ccc(F)cc1F. The minimum atomic E-state index is -1.10. The Morgan fingerprint density at radius 3 is 2.46 bits per heavy atom. The van der Waals surface area contributed by atoms with Gasteiger partial charge in [-0.2, -0.15) is 0 Å². The van der Waals surface area contributed by atoms with Gasteiger partial charge in [0.15, 0.2) is 0 Å². The smallest absolute Gasteiger partial charge is 0.323 e. The largest absolute Gasteiger partial charge is 0.480 e. The number of nitrogens with zero attached hydrogens (tertiary/aromatic N) is 1. The fourth-order valence-corrected chi connectivity index (χ4v) is 2.06. The van der Waals surface area contributed by atoms with Gasteiger partial charge in [0.1, 0.15) is 18.2 Å². The lowest BCUT2D eigenvalue weighted by Gasteiger charge is -2.24. The van der Waals surface area contributed by atoms with E-state index in [2.05, 4.69) is 5.32 Å². The van der Waals surface area contributed by atoms with Crippen LogP contribution in [0.3, 0.4) is 0 Å². The van der Waals surface area contributed by atoms with Crippen LogP contribution in [0.15, 0.2) is 18.2 Å². The Labute approximate surface area is 138 Å². The van der Waals surface area contributed by atoms with E-state index in [4.69, 9.17) is 5.11 Å². The van der Waals surface area contributed by atoms with Crippen LogP contribution >= 0.6 is 0 Å². The molecule has 24 heavy (non-hydrogen) atoms. The fraction of sp³-hybridized carbons (Fsp3) is 0.438. The molecule has 0 heterocycles. The van der Waals surface area contributed by atoms with E-state index >= 15 is 0 Å². The monoisotopic (exact) mass is 342 g/mol. The number of hydrogen-bond donors (Lipinski definition) is 2. The molecular weight excluding hydrogens is 322 g/mol. The van der Waals surface area contributed by atoms with Crippen LogP contribution in [0.25, 0.3) is 0 Å². The van der Waals surface area contributed by atoms with Gasteiger partial charge in [-0.05, 0) is 32.4 Å². The molecule has 2 amide bonds. The van der Waals surface area contributed by atoms with Gasteiger partial charge in [-0.25, -0.2) is 8.78 Å². The van der Waals surface area contributed by atoms with Crippen LogP contribution in [-0.2, 0) is 9.59 Å². The number of carbonyl (C=O) groups excluding carboxylic acids is 2. The van der Waals surface area contributed by atoms with Crippen molar-refractivity contribution in [3.05, 3.63) is 35.4 Å². The Hall–Kier alpha value is -2.51. The van der Waals surface area contributed by atoms with Crippen molar-refractivity contribution in [2.45, 2.75) is 32.7 Å². The first-order chi connectivity index (χ1) is 11.2. The maximum Gasteiger partial charge on any atom is 0.323 e. The number of carboxylic acid groups (broad SMARTS) is 1. The highest BCUT2D eigenvalue weighted by Crippen LogP contribution is 2.09. The summed E-state index contributed by atoms with van der Waals surface area (Å²) in [7, 11) is 0. The average molecular weight is 342 g/mol. The van der Waals surface area contributed by atoms with Crippen molar-refractivity contribution in [1.29, 1.82) is 0 Å². The number of carbonyl (C=O) groups is 3. The predicted molar refractivity (Wildman–Crippen MR) is 82.4 cm³/mol. The zero-order chi connectivity index (χ0) is 18.3. The number of aliphatic carboxylic acids is 1. The molecule has 0 fully saturated rings. The first-order valence-corrected chi connectivity index (χ1v) is 7.47. The Kier molecular flexibility index (Phi) is 7.29. The van der Waals surface area contributed by atoms with Crippen LogP contribution in [0, 0.1) is 11.6 Å². The minimum absolute atomic E-state index is 0.0532. The number of hydrogen-bond acceptors (Lipinski definition) is 3. The van der Waals surface area contributed by atoms with Crippen molar-refractivity contribution in [1.82, 2.24) is 10.2 Å². The van der Waals surface area contributed by atoms with E-state index in [1.165, 1.54) is 4.90 Å². The fourth-order valence-electron chi connectivity index (χ4n) is 2.06. The summed E-state index contributed by atoms with van der Waals surface area (Å²) >= 11 is 0. The molecule has 0 aliphatic heterocycles. The quantitative estimate of drug-likeness (QED) is 0.705. The lowest BCUT2D eigenvalue weighted by molar-refractivity contribution is -0.145. The summed E-state index contributed by atoms with van der Waals surface area (Å²) in [6.45, 7) is 3.14. The summed E-state index contributed by atoms with van der Waals surface area (Å²) in [6, 6.07) is 2.38. The van der Waals surface area contributed by atoms with Gasteiger partial charge in [-0.3, -0.25) is 14.4 Å². The van der Waals surface area contributed by atoms with Gasteiger partial charge >= 0.3 is 5.97 Å². The topological polar surface area (TPSA) is 86.7 Å². The van der Waals surface area contributed by atoms with Gasteiger partial charge in [0, 0.05) is 25.1 Å². The highest BCUT2D eigenvalue weighted by atomic mass is 19.1. The Morgan fingerprint density at radius 1 is 1.25 bits per heavy atom. The molecule has 0 atom stereocenters. The second-order valence-corrected chi connectivity index (χ2v) is 5.49. The molecule has 0 unspecified atom stereocenters. The molecule has 2 N–H and O–H groups in total. The Morgan fingerprint density at radius 2 is 1.92 bits per heavy atom. The lowest BCUT2D eigenvalue weighted by Crippen LogP contribution is -2.40. The van der Waals surface area contributed by atoms with E-state index in [1.54, 1.807) is 13.8 Å². The normalized spacial score (nSPS) is 10.5. The third-order valence-electron chi connectivity index (χ3n) is 3.28. The molecule has 0 spiro atoms. The molecule has 132 valence electrons. The van der Waals surface area contributed by atoms with Crippen molar-refractivity contribution >= 4 is 17.8 Å². The molecule has 6 nitrogen and oxygen atoms in total. The van der Waals surface area contributed by atoms with Crippen LogP contribution in [0.5, 0.6) is 0 Å². The van der Waals surface area contributed by atoms with E-state index in [0.29, 0.717) is 6.07 Å². The van der Waals surface area contributed by atoms with Crippen molar-refractivity contribution < 1.29 is 28.3 Å². The van der Waals surface area contributed by atoms with Crippen molar-refractivity contribution in [3.63, 3.8) is 0 Å². The van der Waals surface area contributed by atoms with Crippen LogP contribution in [0.2, 0.25) is 0 Å². The van der Waals surface area contributed by atoms with Crippen LogP contribution < -0.4 is 5.32 Å². The predicted octanol–water partition coefficient (Wildman–Crippen LogP) is 1.80. The molecule has 0 saturated carbocycles. The third kappa shape index (κ3) is 5.94. The van der Waals surface area contributed by atoms with Crippen LogP contribution in [0.4, 0.5) is 8.78 Å². The van der Waals surface area contributed by atoms with Gasteiger partial charge in [-0.15, -0.1) is 0 Å². The highest BCUT2D eigenvalue weighted by molar-refractivity contribution is 5.94. The molecule has 0 bridgehead atoms. The van der Waals surface area contributed by atoms with E-state index in [1.807, 2.05) is 0 Å². The Bertz CT molecular complexity index is 620. The number of halogens is 2. The van der Waals surface area contributed by atoms with Gasteiger partial charge in [0.05, 0.1) is 5.56 Å². The molecule has 0 aliphatic rings. The number of nitrogens with one attached hydrogen (secondary N) is 1. The summed E-state index contributed by atoms with van der Waals surface area (Å²) in [5, 5.41) is 11.2. The molecule has 0 aliphatic carbocycles. The zero-order valence-electron chi connectivity index (χ0n) is 13.5. The van der Waals surface area contributed by atoms with Crippen LogP contribution in [-0.4, -0.2) is 46.9 Å². The summed E-state index contributed by atoms with van der Waals surface area (Å²) < 4.78 is 26.2. The molecule has 8 heteroatoms. The third-order valence-corrected chi connectivity index (χ3v) is 3.28. The molecule has 1 aromatic rings. The summed E-state index contributed by atoms with van der Waals surface area (Å²) in [4.78, 5) is 35.7. The summed E-state index contributed by atoms with van der Waals surface area (Å²) in [5.74, 6) is -3.88. The van der Waals surface area contributed by atoms with E-state index in [0.717, 1.165) is 12.1 Å². The van der Waals surface area contributed by atoms with Gasteiger partial charge in [-0.1, -0.05) is 0 Å². The average Bonchev–Trinajstić information content (AvgIpc) is 2.48. The molecule has 0 saturated heterocycles. The van der Waals surface area contributed by atoms with Crippen molar-refractivity contribution in [2.75, 3.05) is 13.1 Å². The Balaban J connectivity index is 2.45. The minimum Gasteiger partial charge on any atom is -0.480 e. The second-order valence-electron chi connectivity index (χ2n) is 5.49. The number of amides is 2.